The van der Waals surface area contributed by atoms with Crippen LogP contribution in [0.15, 0.2) is 0 Å². The molecule has 4 saturated carbocycles. The Morgan fingerprint density at radius 1 is 1.00 bits per heavy atom. The molecule has 6 heteroatoms. The maximum absolute atomic E-state index is 11.8. The van der Waals surface area contributed by atoms with Crippen LogP contribution in [0.5, 0.6) is 0 Å². The second-order valence-corrected chi connectivity index (χ2v) is 11.3. The van der Waals surface area contributed by atoms with Crippen LogP contribution in [0.3, 0.4) is 0 Å². The van der Waals surface area contributed by atoms with Crippen molar-refractivity contribution in [2.24, 2.45) is 5.41 Å². The molecule has 4 rings (SSSR count). The average molecular weight is 490 g/mol. The van der Waals surface area contributed by atoms with Gasteiger partial charge in [-0.3, -0.25) is 9.59 Å². The molecule has 0 spiro atoms. The van der Waals surface area contributed by atoms with Gasteiger partial charge in [0.25, 0.3) is 0 Å². The molecule has 4 fully saturated rings. The van der Waals surface area contributed by atoms with E-state index in [1.54, 1.807) is 0 Å². The average Bonchev–Trinajstić information content (AvgIpc) is 2.07. The number of rotatable bonds is 2. The van der Waals surface area contributed by atoms with Gasteiger partial charge in [0.15, 0.2) is 0 Å². The third-order valence-electron chi connectivity index (χ3n) is 4.70. The van der Waals surface area contributed by atoms with Crippen LogP contribution in [-0.2, 0) is 14.3 Å². The van der Waals surface area contributed by atoms with Gasteiger partial charge < -0.3 is 9.84 Å². The zero-order valence-corrected chi connectivity index (χ0v) is 15.0. The topological polar surface area (TPSA) is 63.6 Å². The van der Waals surface area contributed by atoms with E-state index in [1.807, 2.05) is 0 Å². The number of carboxylic acid groups (broad SMARTS) is 1. The first kappa shape index (κ1) is 14.3. The van der Waals surface area contributed by atoms with Crippen LogP contribution in [0, 0.1) is 5.41 Å². The van der Waals surface area contributed by atoms with E-state index < -0.39 is 17.0 Å². The largest absolute Gasteiger partial charge is 0.481 e. The Hall–Kier alpha value is 0.400. The number of halogens is 2. The molecule has 0 heterocycles. The van der Waals surface area contributed by atoms with Gasteiger partial charge in [-0.2, -0.15) is 0 Å². The highest BCUT2D eigenvalue weighted by molar-refractivity contribution is 14.1. The quantitative estimate of drug-likeness (QED) is 0.368. The van der Waals surface area contributed by atoms with Crippen LogP contribution in [-0.4, -0.2) is 29.5 Å². The second-order valence-electron chi connectivity index (χ2n) is 6.72. The monoisotopic (exact) mass is 490 g/mol. The third-order valence-corrected chi connectivity index (χ3v) is 6.98. The van der Waals surface area contributed by atoms with Crippen LogP contribution in [0.2, 0.25) is 0 Å². The molecule has 4 aliphatic carbocycles. The smallest absolute Gasteiger partial charge is 0.309 e. The molecule has 2 unspecified atom stereocenters. The zero-order chi connectivity index (χ0) is 14.1. The number of alkyl halides is 2. The summed E-state index contributed by atoms with van der Waals surface area (Å²) in [5.74, 6) is -1.01. The molecule has 0 saturated heterocycles. The number of esters is 1. The maximum atomic E-state index is 11.8. The highest BCUT2D eigenvalue weighted by Crippen LogP contribution is 2.70. The lowest BCUT2D eigenvalue weighted by molar-refractivity contribution is -0.197. The lowest BCUT2D eigenvalue weighted by atomic mass is 9.47. The normalized spacial score (nSPS) is 51.1. The lowest BCUT2D eigenvalue weighted by Gasteiger charge is -2.65. The predicted molar refractivity (Wildman–Crippen MR) is 85.8 cm³/mol. The van der Waals surface area contributed by atoms with E-state index in [0.717, 1.165) is 19.3 Å². The SMILES string of the molecule is CC(=O)OC12CC3(I)CC(I)(C1)CC(C(=O)O)(C3)C2. The Morgan fingerprint density at radius 3 is 1.95 bits per heavy atom. The Balaban J connectivity index is 2.06. The highest BCUT2D eigenvalue weighted by atomic mass is 127. The molecule has 4 bridgehead atoms. The van der Waals surface area contributed by atoms with Gasteiger partial charge in [-0.1, -0.05) is 45.2 Å². The van der Waals surface area contributed by atoms with E-state index in [4.69, 9.17) is 4.74 Å². The van der Waals surface area contributed by atoms with Gasteiger partial charge >= 0.3 is 11.9 Å². The van der Waals surface area contributed by atoms with Gasteiger partial charge in [0, 0.05) is 33.0 Å². The van der Waals surface area contributed by atoms with Gasteiger partial charge in [-0.25, -0.2) is 0 Å². The summed E-state index contributed by atoms with van der Waals surface area (Å²) in [5, 5.41) is 9.71. The Kier molecular flexibility index (Phi) is 3.01. The van der Waals surface area contributed by atoms with E-state index in [2.05, 4.69) is 45.2 Å². The first-order valence-corrected chi connectivity index (χ1v) is 8.57. The van der Waals surface area contributed by atoms with Crippen molar-refractivity contribution in [3.63, 3.8) is 0 Å². The molecule has 0 aromatic heterocycles. The van der Waals surface area contributed by atoms with Crippen molar-refractivity contribution < 1.29 is 19.4 Å². The molecule has 106 valence electrons. The number of carboxylic acids is 1. The summed E-state index contributed by atoms with van der Waals surface area (Å²) in [6, 6.07) is 0. The fourth-order valence-corrected chi connectivity index (χ4v) is 9.98. The first-order valence-electron chi connectivity index (χ1n) is 6.41. The zero-order valence-electron chi connectivity index (χ0n) is 10.7. The van der Waals surface area contributed by atoms with E-state index in [1.165, 1.54) is 6.92 Å². The van der Waals surface area contributed by atoms with E-state index in [-0.39, 0.29) is 12.8 Å². The summed E-state index contributed by atoms with van der Waals surface area (Å²) in [6.07, 6.45) is 4.55. The molecular weight excluding hydrogens is 474 g/mol. The number of carbonyl (C=O) groups is 2. The lowest BCUT2D eigenvalue weighted by Crippen LogP contribution is -2.68. The summed E-state index contributed by atoms with van der Waals surface area (Å²) in [6.45, 7) is 1.42. The Bertz CT molecular complexity index is 457. The van der Waals surface area contributed by atoms with Crippen molar-refractivity contribution in [3.05, 3.63) is 0 Å². The standard InChI is InChI=1S/C13H16I2O4/c1-8(16)19-13-4-10(9(17)18)2-11(14,6-13)5-12(15,3-10)7-13/h2-7H2,1H3,(H,17,18). The van der Waals surface area contributed by atoms with Crippen LogP contribution >= 0.6 is 45.2 Å². The van der Waals surface area contributed by atoms with E-state index in [9.17, 15) is 14.7 Å². The summed E-state index contributed by atoms with van der Waals surface area (Å²) in [5.41, 5.74) is -1.26. The second kappa shape index (κ2) is 3.98. The molecule has 0 radical (unpaired) electrons. The summed E-state index contributed by atoms with van der Waals surface area (Å²) >= 11 is 4.83. The summed E-state index contributed by atoms with van der Waals surface area (Å²) in [4.78, 5) is 23.3. The fraction of sp³-hybridized carbons (Fsp3) is 0.846. The molecule has 4 nitrogen and oxygen atoms in total. The predicted octanol–water partition coefficient (Wildman–Crippen LogP) is 3.09. The van der Waals surface area contributed by atoms with Gasteiger partial charge in [-0.15, -0.1) is 0 Å². The molecule has 0 aromatic carbocycles. The molecule has 4 aliphatic rings. The summed E-state index contributed by atoms with van der Waals surface area (Å²) < 4.78 is 5.56. The summed E-state index contributed by atoms with van der Waals surface area (Å²) in [7, 11) is 0. The van der Waals surface area contributed by atoms with Gasteiger partial charge in [0.1, 0.15) is 5.60 Å². The van der Waals surface area contributed by atoms with Crippen molar-refractivity contribution >= 4 is 57.1 Å². The minimum absolute atomic E-state index is 0.0401. The van der Waals surface area contributed by atoms with Gasteiger partial charge in [-0.05, 0) is 19.3 Å². The van der Waals surface area contributed by atoms with Crippen molar-refractivity contribution in [1.29, 1.82) is 0 Å². The van der Waals surface area contributed by atoms with Crippen LogP contribution in [0.4, 0.5) is 0 Å². The molecule has 2 atom stereocenters. The Labute approximate surface area is 139 Å². The number of aliphatic carboxylic acids is 1. The van der Waals surface area contributed by atoms with E-state index >= 15 is 0 Å². The van der Waals surface area contributed by atoms with Crippen molar-refractivity contribution in [2.45, 2.75) is 57.9 Å². The van der Waals surface area contributed by atoms with Crippen molar-refractivity contribution in [2.75, 3.05) is 0 Å². The van der Waals surface area contributed by atoms with Crippen LogP contribution in [0.25, 0.3) is 0 Å². The molecular formula is C13H16I2O4. The van der Waals surface area contributed by atoms with E-state index in [0.29, 0.717) is 19.3 Å². The van der Waals surface area contributed by atoms with Crippen LogP contribution in [0.1, 0.15) is 45.4 Å². The molecule has 0 aliphatic heterocycles. The Morgan fingerprint density at radius 2 is 1.53 bits per heavy atom. The number of carbonyl (C=O) groups excluding carboxylic acids is 1. The molecule has 0 amide bonds. The minimum Gasteiger partial charge on any atom is -0.481 e. The van der Waals surface area contributed by atoms with Crippen LogP contribution < -0.4 is 0 Å². The van der Waals surface area contributed by atoms with Gasteiger partial charge in [0.2, 0.25) is 0 Å². The molecule has 1 N–H and O–H groups in total. The first-order chi connectivity index (χ1) is 8.60. The minimum atomic E-state index is -0.717. The number of hydrogen-bond donors (Lipinski definition) is 1. The van der Waals surface area contributed by atoms with Crippen molar-refractivity contribution in [3.8, 4) is 0 Å². The molecule has 0 aromatic rings. The maximum Gasteiger partial charge on any atom is 0.309 e. The van der Waals surface area contributed by atoms with Gasteiger partial charge in [0.05, 0.1) is 5.41 Å². The number of hydrogen-bond acceptors (Lipinski definition) is 3. The fourth-order valence-electron chi connectivity index (χ4n) is 4.94. The molecule has 19 heavy (non-hydrogen) atoms. The highest BCUT2D eigenvalue weighted by Gasteiger charge is 2.70. The van der Waals surface area contributed by atoms with Crippen molar-refractivity contribution in [1.82, 2.24) is 0 Å². The number of ether oxygens (including phenoxy) is 1. The third kappa shape index (κ3) is 2.20.